The molecule has 2 fully saturated rings. The Bertz CT molecular complexity index is 732. The van der Waals surface area contributed by atoms with Crippen molar-refractivity contribution >= 4 is 29.3 Å². The lowest BCUT2D eigenvalue weighted by molar-refractivity contribution is -0.127. The molecular formula is C22H30ClN3O3. The van der Waals surface area contributed by atoms with Gasteiger partial charge < -0.3 is 15.1 Å². The lowest BCUT2D eigenvalue weighted by Crippen LogP contribution is -2.39. The minimum absolute atomic E-state index is 0.0109. The van der Waals surface area contributed by atoms with Crippen molar-refractivity contribution in [2.45, 2.75) is 44.9 Å². The summed E-state index contributed by atoms with van der Waals surface area (Å²) in [6.07, 6.45) is 5.63. The van der Waals surface area contributed by atoms with Gasteiger partial charge in [-0.1, -0.05) is 23.7 Å². The highest BCUT2D eigenvalue weighted by molar-refractivity contribution is 6.33. The van der Waals surface area contributed by atoms with Crippen molar-refractivity contribution in [1.82, 2.24) is 15.1 Å². The SMILES string of the molecule is O=C(CCC1CCN(C(=O)c2ccccc2Cl)CC1)NCCCN1CCCC1=O. The first kappa shape index (κ1) is 21.6. The number of hydrogen-bond acceptors (Lipinski definition) is 3. The molecule has 0 radical (unpaired) electrons. The third kappa shape index (κ3) is 6.20. The van der Waals surface area contributed by atoms with E-state index in [1.807, 2.05) is 21.9 Å². The van der Waals surface area contributed by atoms with Crippen LogP contribution in [0.2, 0.25) is 5.02 Å². The number of likely N-dealkylation sites (tertiary alicyclic amines) is 2. The van der Waals surface area contributed by atoms with E-state index in [0.29, 0.717) is 49.0 Å². The van der Waals surface area contributed by atoms with E-state index in [-0.39, 0.29) is 17.7 Å². The molecule has 0 aromatic heterocycles. The van der Waals surface area contributed by atoms with Crippen molar-refractivity contribution in [2.24, 2.45) is 5.92 Å². The van der Waals surface area contributed by atoms with Crippen LogP contribution in [-0.2, 0) is 9.59 Å². The highest BCUT2D eigenvalue weighted by Gasteiger charge is 2.25. The summed E-state index contributed by atoms with van der Waals surface area (Å²) in [4.78, 5) is 40.0. The van der Waals surface area contributed by atoms with E-state index in [9.17, 15) is 14.4 Å². The van der Waals surface area contributed by atoms with E-state index in [1.165, 1.54) is 0 Å². The minimum atomic E-state index is -0.0109. The Morgan fingerprint density at radius 1 is 1.14 bits per heavy atom. The van der Waals surface area contributed by atoms with E-state index in [4.69, 9.17) is 11.6 Å². The number of benzene rings is 1. The first-order chi connectivity index (χ1) is 14.0. The first-order valence-electron chi connectivity index (χ1n) is 10.6. The Morgan fingerprint density at radius 3 is 2.59 bits per heavy atom. The van der Waals surface area contributed by atoms with Crippen LogP contribution in [0.4, 0.5) is 0 Å². The van der Waals surface area contributed by atoms with Crippen molar-refractivity contribution in [1.29, 1.82) is 0 Å². The molecule has 2 heterocycles. The number of rotatable bonds is 8. The van der Waals surface area contributed by atoms with Gasteiger partial charge in [-0.05, 0) is 50.2 Å². The molecule has 2 aliphatic rings. The van der Waals surface area contributed by atoms with Crippen LogP contribution in [0.5, 0.6) is 0 Å². The summed E-state index contributed by atoms with van der Waals surface area (Å²) >= 11 is 6.14. The molecule has 0 bridgehead atoms. The quantitative estimate of drug-likeness (QED) is 0.658. The third-order valence-corrected chi connectivity index (χ3v) is 6.21. The van der Waals surface area contributed by atoms with E-state index >= 15 is 0 Å². The highest BCUT2D eigenvalue weighted by atomic mass is 35.5. The van der Waals surface area contributed by atoms with Gasteiger partial charge >= 0.3 is 0 Å². The molecule has 158 valence electrons. The maximum atomic E-state index is 12.6. The van der Waals surface area contributed by atoms with Gasteiger partial charge in [0.1, 0.15) is 0 Å². The van der Waals surface area contributed by atoms with E-state index in [0.717, 1.165) is 45.2 Å². The molecular weight excluding hydrogens is 390 g/mol. The van der Waals surface area contributed by atoms with E-state index in [1.54, 1.807) is 12.1 Å². The number of nitrogens with zero attached hydrogens (tertiary/aromatic N) is 2. The average Bonchev–Trinajstić information content (AvgIpc) is 3.14. The summed E-state index contributed by atoms with van der Waals surface area (Å²) in [5.74, 6) is 0.768. The Kier molecular flexibility index (Phi) is 7.92. The molecule has 3 rings (SSSR count). The highest BCUT2D eigenvalue weighted by Crippen LogP contribution is 2.25. The van der Waals surface area contributed by atoms with Gasteiger partial charge in [-0.2, -0.15) is 0 Å². The van der Waals surface area contributed by atoms with Gasteiger partial charge in [0.25, 0.3) is 5.91 Å². The minimum Gasteiger partial charge on any atom is -0.356 e. The summed E-state index contributed by atoms with van der Waals surface area (Å²) in [5, 5.41) is 3.45. The average molecular weight is 420 g/mol. The predicted molar refractivity (Wildman–Crippen MR) is 113 cm³/mol. The zero-order valence-electron chi connectivity index (χ0n) is 16.9. The van der Waals surface area contributed by atoms with Crippen molar-refractivity contribution in [2.75, 3.05) is 32.7 Å². The number of amides is 3. The predicted octanol–water partition coefficient (Wildman–Crippen LogP) is 3.10. The molecule has 2 aliphatic heterocycles. The molecule has 7 heteroatoms. The van der Waals surface area contributed by atoms with Gasteiger partial charge in [-0.25, -0.2) is 0 Å². The molecule has 1 aromatic rings. The number of piperidine rings is 1. The lowest BCUT2D eigenvalue weighted by Gasteiger charge is -2.32. The van der Waals surface area contributed by atoms with Gasteiger partial charge in [-0.3, -0.25) is 14.4 Å². The van der Waals surface area contributed by atoms with Crippen LogP contribution >= 0.6 is 11.6 Å². The number of nitrogens with one attached hydrogen (secondary N) is 1. The second-order valence-corrected chi connectivity index (χ2v) is 8.35. The fourth-order valence-corrected chi connectivity index (χ4v) is 4.31. The number of halogens is 1. The maximum absolute atomic E-state index is 12.6. The first-order valence-corrected chi connectivity index (χ1v) is 11.0. The zero-order valence-corrected chi connectivity index (χ0v) is 17.6. The van der Waals surface area contributed by atoms with Crippen molar-refractivity contribution < 1.29 is 14.4 Å². The third-order valence-electron chi connectivity index (χ3n) is 5.88. The lowest BCUT2D eigenvalue weighted by atomic mass is 9.91. The Morgan fingerprint density at radius 2 is 1.90 bits per heavy atom. The van der Waals surface area contributed by atoms with Gasteiger partial charge in [0.2, 0.25) is 11.8 Å². The summed E-state index contributed by atoms with van der Waals surface area (Å²) in [6, 6.07) is 7.15. The summed E-state index contributed by atoms with van der Waals surface area (Å²) in [6.45, 7) is 3.62. The number of carbonyl (C=O) groups excluding carboxylic acids is 3. The molecule has 6 nitrogen and oxygen atoms in total. The van der Waals surface area contributed by atoms with Crippen LogP contribution < -0.4 is 5.32 Å². The zero-order chi connectivity index (χ0) is 20.6. The summed E-state index contributed by atoms with van der Waals surface area (Å²) in [7, 11) is 0. The van der Waals surface area contributed by atoms with E-state index in [2.05, 4.69) is 5.32 Å². The molecule has 0 atom stereocenters. The largest absolute Gasteiger partial charge is 0.356 e. The van der Waals surface area contributed by atoms with Crippen LogP contribution in [0, 0.1) is 5.92 Å². The van der Waals surface area contributed by atoms with Crippen molar-refractivity contribution in [3.8, 4) is 0 Å². The molecule has 0 unspecified atom stereocenters. The molecule has 2 saturated heterocycles. The molecule has 0 saturated carbocycles. The fourth-order valence-electron chi connectivity index (χ4n) is 4.09. The van der Waals surface area contributed by atoms with Gasteiger partial charge in [-0.15, -0.1) is 0 Å². The Balaban J connectivity index is 1.29. The van der Waals surface area contributed by atoms with Gasteiger partial charge in [0, 0.05) is 45.6 Å². The van der Waals surface area contributed by atoms with Crippen molar-refractivity contribution in [3.63, 3.8) is 0 Å². The monoisotopic (exact) mass is 419 g/mol. The topological polar surface area (TPSA) is 69.7 Å². The summed E-state index contributed by atoms with van der Waals surface area (Å²) in [5.41, 5.74) is 0.558. The molecule has 0 aliphatic carbocycles. The number of hydrogen-bond donors (Lipinski definition) is 1. The van der Waals surface area contributed by atoms with Crippen LogP contribution in [-0.4, -0.2) is 60.2 Å². The molecule has 0 spiro atoms. The standard InChI is InChI=1S/C22H30ClN3O3/c23-19-6-2-1-5-18(19)22(29)26-15-10-17(11-16-26)8-9-20(27)24-12-4-14-25-13-3-7-21(25)28/h1-2,5-6,17H,3-4,7-16H2,(H,24,27). The Labute approximate surface area is 177 Å². The van der Waals surface area contributed by atoms with Gasteiger partial charge in [0.05, 0.1) is 10.6 Å². The molecule has 29 heavy (non-hydrogen) atoms. The maximum Gasteiger partial charge on any atom is 0.255 e. The van der Waals surface area contributed by atoms with Crippen LogP contribution in [0.15, 0.2) is 24.3 Å². The van der Waals surface area contributed by atoms with Gasteiger partial charge in [0.15, 0.2) is 0 Å². The fraction of sp³-hybridized carbons (Fsp3) is 0.591. The molecule has 3 amide bonds. The van der Waals surface area contributed by atoms with Crippen LogP contribution in [0.1, 0.15) is 55.3 Å². The van der Waals surface area contributed by atoms with Crippen molar-refractivity contribution in [3.05, 3.63) is 34.9 Å². The summed E-state index contributed by atoms with van der Waals surface area (Å²) < 4.78 is 0. The second-order valence-electron chi connectivity index (χ2n) is 7.94. The van der Waals surface area contributed by atoms with E-state index < -0.39 is 0 Å². The Hall–Kier alpha value is -2.08. The second kappa shape index (κ2) is 10.6. The number of carbonyl (C=O) groups is 3. The normalized spacial score (nSPS) is 17.6. The van der Waals surface area contributed by atoms with Crippen LogP contribution in [0.25, 0.3) is 0 Å². The smallest absolute Gasteiger partial charge is 0.255 e. The molecule has 1 N–H and O–H groups in total. The van der Waals surface area contributed by atoms with Crippen LogP contribution in [0.3, 0.4) is 0 Å². The molecule has 1 aromatic carbocycles.